The number of nitrogens with zero attached hydrogens (tertiary/aromatic N) is 3. The van der Waals surface area contributed by atoms with Gasteiger partial charge < -0.3 is 18.1 Å². The highest BCUT2D eigenvalue weighted by molar-refractivity contribution is 7.63. The predicted molar refractivity (Wildman–Crippen MR) is 107 cm³/mol. The monoisotopic (exact) mass is 439 g/mol. The summed E-state index contributed by atoms with van der Waals surface area (Å²) in [5.74, 6) is 5.25. The van der Waals surface area contributed by atoms with Crippen LogP contribution in [0, 0.1) is 0 Å². The van der Waals surface area contributed by atoms with Crippen molar-refractivity contribution in [1.82, 2.24) is 15.0 Å². The number of rotatable bonds is 11. The summed E-state index contributed by atoms with van der Waals surface area (Å²) in [7, 11) is -7.96. The van der Waals surface area contributed by atoms with Crippen molar-refractivity contribution in [2.45, 2.75) is 79.8 Å². The van der Waals surface area contributed by atoms with Crippen molar-refractivity contribution in [1.29, 1.82) is 0 Å². The second-order valence-corrected chi connectivity index (χ2v) is 10.6. The summed E-state index contributed by atoms with van der Waals surface area (Å²) in [5, 5.41) is 0. The fourth-order valence-electron chi connectivity index (χ4n) is 2.01. The molecule has 1 heterocycles. The summed E-state index contributed by atoms with van der Waals surface area (Å²) in [6.07, 6.45) is -1.82. The molecule has 0 saturated heterocycles. The molecule has 0 bridgehead atoms. The average Bonchev–Trinajstić information content (AvgIpc) is 2.51. The van der Waals surface area contributed by atoms with Crippen LogP contribution in [-0.4, -0.2) is 39.4 Å². The minimum Gasteiger partial charge on any atom is -0.300 e. The highest BCUT2D eigenvalue weighted by Gasteiger charge is 2.40. The lowest BCUT2D eigenvalue weighted by Gasteiger charge is -2.24. The van der Waals surface area contributed by atoms with Gasteiger partial charge in [-0.05, 0) is 55.4 Å². The predicted octanol–water partition coefficient (Wildman–Crippen LogP) is 2.49. The van der Waals surface area contributed by atoms with E-state index in [1.54, 1.807) is 55.4 Å². The molecule has 0 aliphatic rings. The summed E-state index contributed by atoms with van der Waals surface area (Å²) in [4.78, 5) is 12.1. The Morgan fingerprint density at radius 2 is 0.964 bits per heavy atom. The molecule has 1 aromatic rings. The molecular formula is C15H31N5O6P2. The molecule has 0 aromatic carbocycles. The molecule has 0 unspecified atom stereocenters. The lowest BCUT2D eigenvalue weighted by Crippen LogP contribution is -2.33. The van der Waals surface area contributed by atoms with Gasteiger partial charge in [-0.2, -0.15) is 15.0 Å². The fraction of sp³-hybridized carbons (Fsp3) is 0.800. The lowest BCUT2D eigenvalue weighted by molar-refractivity contribution is 0.149. The first-order valence-corrected chi connectivity index (χ1v) is 12.1. The van der Waals surface area contributed by atoms with E-state index in [1.807, 2.05) is 0 Å². The van der Waals surface area contributed by atoms with Gasteiger partial charge in [0.2, 0.25) is 17.1 Å². The van der Waals surface area contributed by atoms with Gasteiger partial charge in [-0.3, -0.25) is 14.6 Å². The van der Waals surface area contributed by atoms with E-state index >= 15 is 0 Å². The van der Waals surface area contributed by atoms with E-state index in [1.165, 1.54) is 0 Å². The van der Waals surface area contributed by atoms with Crippen molar-refractivity contribution in [2.24, 2.45) is 5.84 Å². The molecule has 0 aliphatic heterocycles. The van der Waals surface area contributed by atoms with Crippen LogP contribution < -0.4 is 22.4 Å². The SMILES string of the molecule is CC(C)OP(=O)(OC(C)C)c1nc(NN)nc(P(=O)(OC(C)C)OC(C)C)n1. The van der Waals surface area contributed by atoms with Crippen molar-refractivity contribution in [2.75, 3.05) is 5.43 Å². The third kappa shape index (κ3) is 7.15. The van der Waals surface area contributed by atoms with Crippen molar-refractivity contribution in [3.63, 3.8) is 0 Å². The Kier molecular flexibility index (Phi) is 9.15. The van der Waals surface area contributed by atoms with Gasteiger partial charge in [-0.15, -0.1) is 0 Å². The second-order valence-electron chi connectivity index (χ2n) is 7.01. The van der Waals surface area contributed by atoms with Crippen molar-refractivity contribution < 1.29 is 27.2 Å². The van der Waals surface area contributed by atoms with Gasteiger partial charge in [-0.25, -0.2) is 5.84 Å². The number of hydrogen-bond donors (Lipinski definition) is 2. The van der Waals surface area contributed by atoms with Gasteiger partial charge in [0, 0.05) is 0 Å². The molecule has 3 N–H and O–H groups in total. The Morgan fingerprint density at radius 1 is 0.679 bits per heavy atom. The molecule has 0 atom stereocenters. The molecule has 162 valence electrons. The Labute approximate surface area is 166 Å². The Bertz CT molecular complexity index is 659. The number of anilines is 1. The molecule has 0 aliphatic carbocycles. The van der Waals surface area contributed by atoms with Crippen LogP contribution in [0.25, 0.3) is 0 Å². The first kappa shape index (κ1) is 25.1. The fourth-order valence-corrected chi connectivity index (χ4v) is 5.66. The minimum absolute atomic E-state index is 0.181. The third-order valence-corrected chi connectivity index (χ3v) is 6.81. The third-order valence-electron chi connectivity index (χ3n) is 2.63. The summed E-state index contributed by atoms with van der Waals surface area (Å²) in [5.41, 5.74) is 1.56. The Morgan fingerprint density at radius 3 is 1.18 bits per heavy atom. The maximum Gasteiger partial charge on any atom is 0.399 e. The maximum atomic E-state index is 13.4. The van der Waals surface area contributed by atoms with Crippen molar-refractivity contribution >= 4 is 32.3 Å². The first-order valence-electron chi connectivity index (χ1n) is 8.98. The van der Waals surface area contributed by atoms with E-state index < -0.39 is 39.6 Å². The van der Waals surface area contributed by atoms with Gasteiger partial charge in [0.1, 0.15) is 0 Å². The van der Waals surface area contributed by atoms with Crippen LogP contribution >= 0.6 is 15.2 Å². The Balaban J connectivity index is 3.62. The van der Waals surface area contributed by atoms with Crippen LogP contribution in [0.4, 0.5) is 5.95 Å². The van der Waals surface area contributed by atoms with Crippen LogP contribution in [0.15, 0.2) is 0 Å². The van der Waals surface area contributed by atoms with E-state index in [4.69, 9.17) is 23.9 Å². The molecule has 0 radical (unpaired) electrons. The summed E-state index contributed by atoms with van der Waals surface area (Å²) >= 11 is 0. The summed E-state index contributed by atoms with van der Waals surface area (Å²) < 4.78 is 48.8. The number of nitrogen functional groups attached to an aromatic ring is 1. The quantitative estimate of drug-likeness (QED) is 0.298. The van der Waals surface area contributed by atoms with E-state index in [0.29, 0.717) is 0 Å². The summed E-state index contributed by atoms with van der Waals surface area (Å²) in [6.45, 7) is 13.5. The van der Waals surface area contributed by atoms with Crippen LogP contribution in [-0.2, 0) is 27.2 Å². The van der Waals surface area contributed by atoms with Crippen molar-refractivity contribution in [3.05, 3.63) is 0 Å². The zero-order valence-corrected chi connectivity index (χ0v) is 19.4. The molecule has 0 amide bonds. The van der Waals surface area contributed by atoms with Gasteiger partial charge in [0.15, 0.2) is 0 Å². The zero-order chi connectivity index (χ0) is 21.7. The highest BCUT2D eigenvalue weighted by atomic mass is 31.2. The van der Waals surface area contributed by atoms with Gasteiger partial charge in [-0.1, -0.05) is 0 Å². The lowest BCUT2D eigenvalue weighted by atomic mass is 10.5. The molecule has 0 saturated carbocycles. The minimum atomic E-state index is -3.98. The molecule has 13 heteroatoms. The van der Waals surface area contributed by atoms with Crippen LogP contribution in [0.2, 0.25) is 0 Å². The molecule has 1 rings (SSSR count). The highest BCUT2D eigenvalue weighted by Crippen LogP contribution is 2.51. The number of nitrogens with one attached hydrogen (secondary N) is 1. The number of nitrogens with two attached hydrogens (primary N) is 1. The normalized spacial score (nSPS) is 13.2. The largest absolute Gasteiger partial charge is 0.399 e. The second kappa shape index (κ2) is 10.2. The molecular weight excluding hydrogens is 408 g/mol. The average molecular weight is 439 g/mol. The molecule has 0 fully saturated rings. The van der Waals surface area contributed by atoms with E-state index in [9.17, 15) is 9.13 Å². The topological polar surface area (TPSA) is 148 Å². The zero-order valence-electron chi connectivity index (χ0n) is 17.6. The van der Waals surface area contributed by atoms with Crippen LogP contribution in [0.3, 0.4) is 0 Å². The number of hydrazine groups is 1. The smallest absolute Gasteiger partial charge is 0.300 e. The van der Waals surface area contributed by atoms with Crippen LogP contribution in [0.1, 0.15) is 55.4 Å². The van der Waals surface area contributed by atoms with E-state index in [-0.39, 0.29) is 17.1 Å². The van der Waals surface area contributed by atoms with Gasteiger partial charge in [0.05, 0.1) is 24.4 Å². The van der Waals surface area contributed by atoms with E-state index in [2.05, 4.69) is 20.4 Å². The van der Waals surface area contributed by atoms with Gasteiger partial charge in [0.25, 0.3) is 0 Å². The Hall–Kier alpha value is -0.930. The van der Waals surface area contributed by atoms with Crippen molar-refractivity contribution in [3.8, 4) is 0 Å². The van der Waals surface area contributed by atoms with E-state index in [0.717, 1.165) is 0 Å². The van der Waals surface area contributed by atoms with Gasteiger partial charge >= 0.3 is 15.2 Å². The standard InChI is InChI=1S/C15H31N5O6P2/c1-9(2)23-27(21,24-10(3)4)14-17-13(20-16)18-15(19-14)28(22,25-11(5)6)26-12(7)8/h9-12H,16H2,1-8H3,(H,17,18,19,20). The first-order chi connectivity index (χ1) is 12.8. The molecule has 0 spiro atoms. The molecule has 28 heavy (non-hydrogen) atoms. The summed E-state index contributed by atoms with van der Waals surface area (Å²) in [6, 6.07) is 0. The maximum absolute atomic E-state index is 13.4. The molecule has 1 aromatic heterocycles. The van der Waals surface area contributed by atoms with Crippen LogP contribution in [0.5, 0.6) is 0 Å². The number of hydrogen-bond acceptors (Lipinski definition) is 11. The number of aromatic nitrogens is 3. The molecule has 11 nitrogen and oxygen atoms in total.